The van der Waals surface area contributed by atoms with E-state index in [0.29, 0.717) is 21.4 Å². The van der Waals surface area contributed by atoms with E-state index in [4.69, 9.17) is 5.73 Å². The third-order valence-electron chi connectivity index (χ3n) is 2.08. The molecule has 0 aliphatic carbocycles. The first-order chi connectivity index (χ1) is 7.56. The van der Waals surface area contributed by atoms with E-state index in [9.17, 15) is 4.39 Å². The number of halogens is 2. The number of nitrogen functional groups attached to an aromatic ring is 1. The second-order valence-corrected chi connectivity index (χ2v) is 4.29. The van der Waals surface area contributed by atoms with Gasteiger partial charge in [0.25, 0.3) is 0 Å². The van der Waals surface area contributed by atoms with E-state index in [1.54, 1.807) is 25.1 Å². The molecule has 1 aromatic heterocycles. The van der Waals surface area contributed by atoms with Crippen molar-refractivity contribution in [3.05, 3.63) is 40.2 Å². The minimum absolute atomic E-state index is 0.150. The number of hydrogen-bond donors (Lipinski definition) is 1. The van der Waals surface area contributed by atoms with E-state index in [-0.39, 0.29) is 11.8 Å². The van der Waals surface area contributed by atoms with Crippen LogP contribution in [0.25, 0.3) is 11.3 Å². The van der Waals surface area contributed by atoms with Crippen molar-refractivity contribution in [3.8, 4) is 11.3 Å². The van der Waals surface area contributed by atoms with Crippen LogP contribution in [-0.2, 0) is 0 Å². The molecule has 16 heavy (non-hydrogen) atoms. The summed E-state index contributed by atoms with van der Waals surface area (Å²) in [5.74, 6) is -0.191. The second-order valence-electron chi connectivity index (χ2n) is 3.38. The Morgan fingerprint density at radius 3 is 2.62 bits per heavy atom. The zero-order valence-electron chi connectivity index (χ0n) is 8.54. The first kappa shape index (κ1) is 11.0. The molecule has 0 radical (unpaired) electrons. The SMILES string of the molecule is Cc1cc(-c2ccc(Br)cc2F)nc(N)n1. The van der Waals surface area contributed by atoms with Gasteiger partial charge in [0.2, 0.25) is 5.95 Å². The smallest absolute Gasteiger partial charge is 0.220 e. The van der Waals surface area contributed by atoms with Crippen LogP contribution in [0.1, 0.15) is 5.69 Å². The number of aryl methyl sites for hydroxylation is 1. The van der Waals surface area contributed by atoms with Crippen molar-refractivity contribution >= 4 is 21.9 Å². The number of benzene rings is 1. The predicted octanol–water partition coefficient (Wildman–Crippen LogP) is 2.94. The van der Waals surface area contributed by atoms with Gasteiger partial charge in [0.05, 0.1) is 5.69 Å². The van der Waals surface area contributed by atoms with E-state index in [1.807, 2.05) is 0 Å². The van der Waals surface area contributed by atoms with Gasteiger partial charge in [-0.1, -0.05) is 15.9 Å². The summed E-state index contributed by atoms with van der Waals surface area (Å²) in [6, 6.07) is 6.50. The Kier molecular flexibility index (Phi) is 2.87. The van der Waals surface area contributed by atoms with Crippen molar-refractivity contribution in [2.45, 2.75) is 6.92 Å². The van der Waals surface area contributed by atoms with Gasteiger partial charge in [-0.25, -0.2) is 14.4 Å². The molecule has 0 amide bonds. The summed E-state index contributed by atoms with van der Waals surface area (Å²) in [5.41, 5.74) is 7.15. The highest BCUT2D eigenvalue weighted by Crippen LogP contribution is 2.24. The molecule has 0 spiro atoms. The summed E-state index contributed by atoms with van der Waals surface area (Å²) < 4.78 is 14.4. The summed E-state index contributed by atoms with van der Waals surface area (Å²) in [6.45, 7) is 1.79. The van der Waals surface area contributed by atoms with Crippen LogP contribution in [-0.4, -0.2) is 9.97 Å². The average Bonchev–Trinajstić information content (AvgIpc) is 2.15. The van der Waals surface area contributed by atoms with Crippen LogP contribution in [0.5, 0.6) is 0 Å². The number of nitrogens with zero attached hydrogens (tertiary/aromatic N) is 2. The van der Waals surface area contributed by atoms with Gasteiger partial charge >= 0.3 is 0 Å². The zero-order chi connectivity index (χ0) is 11.7. The normalized spacial score (nSPS) is 10.4. The summed E-state index contributed by atoms with van der Waals surface area (Å²) in [6.07, 6.45) is 0. The molecule has 2 N–H and O–H groups in total. The predicted molar refractivity (Wildman–Crippen MR) is 64.3 cm³/mol. The number of rotatable bonds is 1. The fourth-order valence-electron chi connectivity index (χ4n) is 1.43. The summed E-state index contributed by atoms with van der Waals surface area (Å²) in [5, 5.41) is 0. The molecule has 0 bridgehead atoms. The van der Waals surface area contributed by atoms with E-state index in [0.717, 1.165) is 0 Å². The lowest BCUT2D eigenvalue weighted by Gasteiger charge is -2.05. The third kappa shape index (κ3) is 2.19. The molecule has 2 aromatic rings. The highest BCUT2D eigenvalue weighted by atomic mass is 79.9. The molecule has 0 saturated heterocycles. The minimum atomic E-state index is -0.341. The molecule has 82 valence electrons. The van der Waals surface area contributed by atoms with Crippen LogP contribution in [0.2, 0.25) is 0 Å². The Labute approximate surface area is 101 Å². The van der Waals surface area contributed by atoms with Gasteiger partial charge in [0.1, 0.15) is 5.82 Å². The maximum atomic E-state index is 13.7. The molecular formula is C11H9BrFN3. The van der Waals surface area contributed by atoms with Crippen LogP contribution in [0.4, 0.5) is 10.3 Å². The van der Waals surface area contributed by atoms with E-state index >= 15 is 0 Å². The lowest BCUT2D eigenvalue weighted by Crippen LogP contribution is -1.99. The van der Waals surface area contributed by atoms with Gasteiger partial charge < -0.3 is 5.73 Å². The van der Waals surface area contributed by atoms with Crippen LogP contribution >= 0.6 is 15.9 Å². The lowest BCUT2D eigenvalue weighted by atomic mass is 10.1. The Bertz CT molecular complexity index is 522. The molecule has 0 fully saturated rings. The van der Waals surface area contributed by atoms with Crippen molar-refractivity contribution in [2.24, 2.45) is 0 Å². The molecule has 1 aromatic carbocycles. The van der Waals surface area contributed by atoms with Gasteiger partial charge in [-0.2, -0.15) is 0 Å². The highest BCUT2D eigenvalue weighted by molar-refractivity contribution is 9.10. The molecule has 0 saturated carbocycles. The number of anilines is 1. The molecule has 2 rings (SSSR count). The number of aromatic nitrogens is 2. The molecule has 0 unspecified atom stereocenters. The van der Waals surface area contributed by atoms with Gasteiger partial charge in [0.15, 0.2) is 0 Å². The standard InChI is InChI=1S/C11H9BrFN3/c1-6-4-10(16-11(14)15-6)8-3-2-7(12)5-9(8)13/h2-5H,1H3,(H2,14,15,16). The molecule has 5 heteroatoms. The molecule has 0 aliphatic rings. The fraction of sp³-hybridized carbons (Fsp3) is 0.0909. The van der Waals surface area contributed by atoms with Crippen LogP contribution in [0.15, 0.2) is 28.7 Å². The van der Waals surface area contributed by atoms with Crippen LogP contribution < -0.4 is 5.73 Å². The van der Waals surface area contributed by atoms with E-state index in [2.05, 4.69) is 25.9 Å². The minimum Gasteiger partial charge on any atom is -0.368 e. The van der Waals surface area contributed by atoms with Crippen molar-refractivity contribution in [3.63, 3.8) is 0 Å². The Hall–Kier alpha value is -1.49. The monoisotopic (exact) mass is 281 g/mol. The summed E-state index contributed by atoms with van der Waals surface area (Å²) >= 11 is 3.20. The number of nitrogens with two attached hydrogens (primary N) is 1. The Morgan fingerprint density at radius 1 is 1.25 bits per heavy atom. The van der Waals surface area contributed by atoms with Gasteiger partial charge in [0, 0.05) is 15.7 Å². The summed E-state index contributed by atoms with van der Waals surface area (Å²) in [7, 11) is 0. The Balaban J connectivity index is 2.58. The largest absolute Gasteiger partial charge is 0.368 e. The van der Waals surface area contributed by atoms with Crippen molar-refractivity contribution in [1.29, 1.82) is 0 Å². The molecular weight excluding hydrogens is 273 g/mol. The van der Waals surface area contributed by atoms with Gasteiger partial charge in [-0.15, -0.1) is 0 Å². The van der Waals surface area contributed by atoms with Crippen molar-refractivity contribution in [2.75, 3.05) is 5.73 Å². The highest BCUT2D eigenvalue weighted by Gasteiger charge is 2.08. The van der Waals surface area contributed by atoms with E-state index in [1.165, 1.54) is 6.07 Å². The van der Waals surface area contributed by atoms with Gasteiger partial charge in [-0.05, 0) is 31.2 Å². The third-order valence-corrected chi connectivity index (χ3v) is 2.57. The summed E-state index contributed by atoms with van der Waals surface area (Å²) in [4.78, 5) is 7.95. The van der Waals surface area contributed by atoms with Crippen LogP contribution in [0, 0.1) is 12.7 Å². The van der Waals surface area contributed by atoms with Crippen molar-refractivity contribution < 1.29 is 4.39 Å². The van der Waals surface area contributed by atoms with Gasteiger partial charge in [-0.3, -0.25) is 0 Å². The van der Waals surface area contributed by atoms with Crippen molar-refractivity contribution in [1.82, 2.24) is 9.97 Å². The van der Waals surface area contributed by atoms with E-state index < -0.39 is 0 Å². The maximum Gasteiger partial charge on any atom is 0.220 e. The average molecular weight is 282 g/mol. The zero-order valence-corrected chi connectivity index (χ0v) is 10.1. The second kappa shape index (κ2) is 4.17. The first-order valence-electron chi connectivity index (χ1n) is 4.63. The topological polar surface area (TPSA) is 51.8 Å². The molecule has 1 heterocycles. The molecule has 0 aliphatic heterocycles. The molecule has 0 atom stereocenters. The number of hydrogen-bond acceptors (Lipinski definition) is 3. The quantitative estimate of drug-likeness (QED) is 0.874. The Morgan fingerprint density at radius 2 is 2.00 bits per heavy atom. The fourth-order valence-corrected chi connectivity index (χ4v) is 1.76. The van der Waals surface area contributed by atoms with Crippen LogP contribution in [0.3, 0.4) is 0 Å². The first-order valence-corrected chi connectivity index (χ1v) is 5.42. The molecule has 3 nitrogen and oxygen atoms in total. The lowest BCUT2D eigenvalue weighted by molar-refractivity contribution is 0.630. The maximum absolute atomic E-state index is 13.7.